The second kappa shape index (κ2) is 9.59. The van der Waals surface area contributed by atoms with Crippen molar-refractivity contribution in [2.75, 3.05) is 5.32 Å². The Balaban J connectivity index is 1.17. The molecule has 0 saturated heterocycles. The number of nitrogens with zero attached hydrogens (tertiary/aromatic N) is 8. The van der Waals surface area contributed by atoms with Crippen molar-refractivity contribution < 1.29 is 9.53 Å². The smallest absolute Gasteiger partial charge is 0.276 e. The van der Waals surface area contributed by atoms with Gasteiger partial charge in [-0.2, -0.15) is 10.2 Å². The van der Waals surface area contributed by atoms with Crippen LogP contribution in [0.1, 0.15) is 21.6 Å². The molecule has 1 N–H and O–H groups in total. The number of aromatic nitrogens is 8. The van der Waals surface area contributed by atoms with Gasteiger partial charge in [0.25, 0.3) is 5.91 Å². The number of nitrogens with one attached hydrogen (secondary N) is 1. The molecule has 0 fully saturated rings. The van der Waals surface area contributed by atoms with Gasteiger partial charge < -0.3 is 10.1 Å². The molecule has 35 heavy (non-hydrogen) atoms. The van der Waals surface area contributed by atoms with Crippen LogP contribution in [-0.4, -0.2) is 45.7 Å². The van der Waals surface area contributed by atoms with Gasteiger partial charge in [-0.3, -0.25) is 4.79 Å². The van der Waals surface area contributed by atoms with Crippen LogP contribution in [0.25, 0.3) is 11.4 Å². The summed E-state index contributed by atoms with van der Waals surface area (Å²) < 4.78 is 8.99. The maximum absolute atomic E-state index is 12.6. The lowest BCUT2D eigenvalue weighted by Gasteiger charge is -2.09. The normalized spacial score (nSPS) is 10.9. The van der Waals surface area contributed by atoms with Crippen molar-refractivity contribution >= 4 is 11.6 Å². The molecule has 11 heteroatoms. The van der Waals surface area contributed by atoms with Crippen molar-refractivity contribution in [1.29, 1.82) is 0 Å². The van der Waals surface area contributed by atoms with Crippen LogP contribution < -0.4 is 10.1 Å². The summed E-state index contributed by atoms with van der Waals surface area (Å²) in [4.78, 5) is 14.0. The molecule has 0 radical (unpaired) electrons. The minimum atomic E-state index is -0.352. The van der Waals surface area contributed by atoms with E-state index in [1.807, 2.05) is 56.3 Å². The van der Waals surface area contributed by atoms with E-state index in [4.69, 9.17) is 4.74 Å². The van der Waals surface area contributed by atoms with E-state index in [9.17, 15) is 4.79 Å². The first-order valence-electron chi connectivity index (χ1n) is 10.9. The van der Waals surface area contributed by atoms with Gasteiger partial charge in [-0.25, -0.2) is 9.36 Å². The highest BCUT2D eigenvalue weighted by Gasteiger charge is 2.13. The van der Waals surface area contributed by atoms with Gasteiger partial charge in [0.15, 0.2) is 19.1 Å². The quantitative estimate of drug-likeness (QED) is 0.371. The van der Waals surface area contributed by atoms with Crippen LogP contribution in [0, 0.1) is 13.8 Å². The molecule has 0 saturated carbocycles. The molecule has 1 amide bonds. The lowest BCUT2D eigenvalue weighted by atomic mass is 10.1. The molecule has 0 spiro atoms. The number of anilines is 1. The Morgan fingerprint density at radius 1 is 1.03 bits per heavy atom. The van der Waals surface area contributed by atoms with E-state index >= 15 is 0 Å². The summed E-state index contributed by atoms with van der Waals surface area (Å²) in [6.45, 7) is 4.48. The second-order valence-corrected chi connectivity index (χ2v) is 8.00. The Morgan fingerprint density at radius 2 is 1.89 bits per heavy atom. The highest BCUT2D eigenvalue weighted by molar-refractivity contribution is 6.02. The highest BCUT2D eigenvalue weighted by Crippen LogP contribution is 2.19. The van der Waals surface area contributed by atoms with Gasteiger partial charge in [-0.15, -0.1) is 15.0 Å². The molecule has 0 atom stereocenters. The van der Waals surface area contributed by atoms with Crippen LogP contribution in [0.15, 0.2) is 73.2 Å². The summed E-state index contributed by atoms with van der Waals surface area (Å²) in [6.07, 6.45) is 4.94. The first-order valence-corrected chi connectivity index (χ1v) is 10.9. The molecule has 0 aliphatic rings. The third kappa shape index (κ3) is 5.24. The predicted molar refractivity (Wildman–Crippen MR) is 128 cm³/mol. The van der Waals surface area contributed by atoms with E-state index in [0.717, 1.165) is 16.9 Å². The number of benzene rings is 2. The lowest BCUT2D eigenvalue weighted by Crippen LogP contribution is -2.15. The fraction of sp³-hybridized carbons (Fsp3) is 0.167. The zero-order valence-electron chi connectivity index (χ0n) is 19.2. The van der Waals surface area contributed by atoms with Crippen LogP contribution in [0.2, 0.25) is 0 Å². The number of hydrogen-bond donors (Lipinski definition) is 1. The van der Waals surface area contributed by atoms with E-state index in [-0.39, 0.29) is 25.0 Å². The average molecular weight is 470 g/mol. The summed E-state index contributed by atoms with van der Waals surface area (Å²) >= 11 is 0. The van der Waals surface area contributed by atoms with E-state index in [1.54, 1.807) is 34.0 Å². The van der Waals surface area contributed by atoms with Crippen molar-refractivity contribution in [1.82, 2.24) is 39.8 Å². The Morgan fingerprint density at radius 3 is 2.71 bits per heavy atom. The number of hydrogen-bond acceptors (Lipinski definition) is 7. The van der Waals surface area contributed by atoms with Crippen LogP contribution in [0.3, 0.4) is 0 Å². The number of tetrazole rings is 1. The lowest BCUT2D eigenvalue weighted by molar-refractivity contribution is 0.102. The number of ether oxygens (including phenoxy) is 1. The highest BCUT2D eigenvalue weighted by atomic mass is 16.5. The van der Waals surface area contributed by atoms with Gasteiger partial charge in [-0.1, -0.05) is 48.0 Å². The SMILES string of the molecule is Cc1ccc(OCn2cc(NC(=O)c3ccn(Cn4nnc(-c5ccccc5)n4)n3)cn2)c(C)c1. The van der Waals surface area contributed by atoms with Gasteiger partial charge in [0, 0.05) is 11.8 Å². The fourth-order valence-corrected chi connectivity index (χ4v) is 3.49. The molecule has 5 aromatic rings. The monoisotopic (exact) mass is 469 g/mol. The molecule has 0 aliphatic carbocycles. The first kappa shape index (κ1) is 22.0. The van der Waals surface area contributed by atoms with Crippen molar-refractivity contribution in [3.8, 4) is 17.1 Å². The first-order chi connectivity index (χ1) is 17.0. The molecule has 0 unspecified atom stereocenters. The Hall–Kier alpha value is -4.80. The Kier molecular flexibility index (Phi) is 6.03. The molecular formula is C24H23N9O2. The molecular weight excluding hydrogens is 446 g/mol. The predicted octanol–water partition coefficient (Wildman–Crippen LogP) is 3.14. The number of rotatable bonds is 8. The van der Waals surface area contributed by atoms with Crippen LogP contribution >= 0.6 is 0 Å². The van der Waals surface area contributed by atoms with Crippen molar-refractivity contribution in [2.24, 2.45) is 0 Å². The summed E-state index contributed by atoms with van der Waals surface area (Å²) in [5.41, 5.74) is 3.90. The van der Waals surface area contributed by atoms with Crippen LogP contribution in [-0.2, 0) is 13.4 Å². The summed E-state index contributed by atoms with van der Waals surface area (Å²) in [5.74, 6) is 0.962. The second-order valence-electron chi connectivity index (χ2n) is 8.00. The minimum Gasteiger partial charge on any atom is -0.471 e. The van der Waals surface area contributed by atoms with Gasteiger partial charge in [0.1, 0.15) is 5.75 Å². The molecule has 0 aliphatic heterocycles. The molecule has 3 aromatic heterocycles. The van der Waals surface area contributed by atoms with Gasteiger partial charge >= 0.3 is 0 Å². The molecule has 3 heterocycles. The number of amides is 1. The molecule has 5 rings (SSSR count). The van der Waals surface area contributed by atoms with Crippen molar-refractivity contribution in [3.05, 3.63) is 90.0 Å². The maximum Gasteiger partial charge on any atom is 0.276 e. The fourth-order valence-electron chi connectivity index (χ4n) is 3.49. The summed E-state index contributed by atoms with van der Waals surface area (Å²) in [7, 11) is 0. The van der Waals surface area contributed by atoms with E-state index in [1.165, 1.54) is 10.4 Å². The molecule has 176 valence electrons. The minimum absolute atomic E-state index is 0.223. The summed E-state index contributed by atoms with van der Waals surface area (Å²) in [6, 6.07) is 17.2. The van der Waals surface area contributed by atoms with Crippen molar-refractivity contribution in [2.45, 2.75) is 27.2 Å². The maximum atomic E-state index is 12.6. The van der Waals surface area contributed by atoms with Gasteiger partial charge in [-0.05, 0) is 36.8 Å². The van der Waals surface area contributed by atoms with E-state index in [0.29, 0.717) is 11.5 Å². The molecule has 0 bridgehead atoms. The molecule has 11 nitrogen and oxygen atoms in total. The van der Waals surface area contributed by atoms with Gasteiger partial charge in [0.2, 0.25) is 5.82 Å². The zero-order valence-corrected chi connectivity index (χ0v) is 19.2. The number of aryl methyl sites for hydroxylation is 2. The Bertz CT molecular complexity index is 1450. The Labute approximate surface area is 201 Å². The van der Waals surface area contributed by atoms with Crippen molar-refractivity contribution in [3.63, 3.8) is 0 Å². The zero-order chi connectivity index (χ0) is 24.2. The average Bonchev–Trinajstić information content (AvgIpc) is 3.61. The van der Waals surface area contributed by atoms with Crippen LogP contribution in [0.4, 0.5) is 5.69 Å². The third-order valence-electron chi connectivity index (χ3n) is 5.20. The molecule has 2 aromatic carbocycles. The number of carbonyl (C=O) groups excluding carboxylic acids is 1. The standard InChI is InChI=1S/C24H23N9O2/c1-17-8-9-22(18(2)12-17)35-16-32-14-20(13-25-32)26-24(34)21-10-11-31(28-21)15-33-29-23(27-30-33)19-6-4-3-5-7-19/h3-14H,15-16H2,1-2H3,(H,26,34). The van der Waals surface area contributed by atoms with E-state index < -0.39 is 0 Å². The van der Waals surface area contributed by atoms with Gasteiger partial charge in [0.05, 0.1) is 18.1 Å². The largest absolute Gasteiger partial charge is 0.471 e. The van der Waals surface area contributed by atoms with E-state index in [2.05, 4.69) is 37.0 Å². The topological polar surface area (TPSA) is 118 Å². The number of carbonyl (C=O) groups is 1. The third-order valence-corrected chi connectivity index (χ3v) is 5.20. The summed E-state index contributed by atoms with van der Waals surface area (Å²) in [5, 5.41) is 23.8. The van der Waals surface area contributed by atoms with Crippen LogP contribution in [0.5, 0.6) is 5.75 Å².